The zero-order valence-electron chi connectivity index (χ0n) is 14.2. The summed E-state index contributed by atoms with van der Waals surface area (Å²) in [4.78, 5) is 0. The molecule has 0 bridgehead atoms. The van der Waals surface area contributed by atoms with Gasteiger partial charge in [0, 0.05) is 13.5 Å². The van der Waals surface area contributed by atoms with Crippen molar-refractivity contribution in [1.82, 2.24) is 0 Å². The van der Waals surface area contributed by atoms with E-state index >= 15 is 0 Å². The Kier molecular flexibility index (Phi) is 9.55. The van der Waals surface area contributed by atoms with E-state index in [9.17, 15) is 5.11 Å². The Morgan fingerprint density at radius 3 is 2.43 bits per heavy atom. The molecule has 0 aliphatic heterocycles. The van der Waals surface area contributed by atoms with Gasteiger partial charge in [0.05, 0.1) is 32.0 Å². The molecule has 1 N–H and O–H groups in total. The highest BCUT2D eigenvalue weighted by Gasteiger charge is 2.22. The van der Waals surface area contributed by atoms with Crippen molar-refractivity contribution in [1.29, 1.82) is 0 Å². The fraction of sp³-hybridized carbons (Fsp3) is 0.556. The van der Waals surface area contributed by atoms with Crippen molar-refractivity contribution in [3.63, 3.8) is 0 Å². The molecule has 23 heavy (non-hydrogen) atoms. The van der Waals surface area contributed by atoms with Crippen LogP contribution in [0.3, 0.4) is 0 Å². The van der Waals surface area contributed by atoms with Gasteiger partial charge >= 0.3 is 0 Å². The van der Waals surface area contributed by atoms with E-state index in [4.69, 9.17) is 18.9 Å². The highest BCUT2D eigenvalue weighted by molar-refractivity contribution is 5.26. The maximum absolute atomic E-state index is 10.0. The molecule has 0 heterocycles. The second-order valence-corrected chi connectivity index (χ2v) is 5.39. The molecule has 0 aromatic heterocycles. The Morgan fingerprint density at radius 1 is 1.17 bits per heavy atom. The summed E-state index contributed by atoms with van der Waals surface area (Å²) in [7, 11) is 3.21. The van der Waals surface area contributed by atoms with Crippen molar-refractivity contribution in [2.75, 3.05) is 21.0 Å². The third-order valence-electron chi connectivity index (χ3n) is 3.54. The van der Waals surface area contributed by atoms with Gasteiger partial charge in [-0.2, -0.15) is 0 Å². The normalized spacial score (nSPS) is 15.0. The van der Waals surface area contributed by atoms with Gasteiger partial charge in [-0.25, -0.2) is 0 Å². The molecule has 1 aromatic rings. The fourth-order valence-electron chi connectivity index (χ4n) is 2.16. The Balaban J connectivity index is 2.60. The van der Waals surface area contributed by atoms with Crippen molar-refractivity contribution in [2.45, 2.75) is 44.7 Å². The Morgan fingerprint density at radius 2 is 1.87 bits per heavy atom. The Labute approximate surface area is 138 Å². The van der Waals surface area contributed by atoms with Crippen LogP contribution in [0.1, 0.15) is 25.3 Å². The summed E-state index contributed by atoms with van der Waals surface area (Å²) in [6, 6.07) is 7.70. The lowest BCUT2D eigenvalue weighted by molar-refractivity contribution is -0.133. The predicted molar refractivity (Wildman–Crippen MR) is 89.4 cm³/mol. The van der Waals surface area contributed by atoms with Gasteiger partial charge in [-0.1, -0.05) is 18.2 Å². The van der Waals surface area contributed by atoms with Gasteiger partial charge in [0.25, 0.3) is 0 Å². The minimum Gasteiger partial charge on any atom is -0.497 e. The number of methoxy groups -OCH3 is 2. The zero-order valence-corrected chi connectivity index (χ0v) is 14.2. The van der Waals surface area contributed by atoms with Gasteiger partial charge in [-0.3, -0.25) is 0 Å². The topological polar surface area (TPSA) is 57.2 Å². The molecular formula is C18H28O5. The van der Waals surface area contributed by atoms with E-state index in [1.807, 2.05) is 31.2 Å². The summed E-state index contributed by atoms with van der Waals surface area (Å²) >= 11 is 0. The number of aliphatic hydroxyl groups excluding tert-OH is 1. The first-order valence-electron chi connectivity index (χ1n) is 7.74. The van der Waals surface area contributed by atoms with Crippen LogP contribution in [0.25, 0.3) is 0 Å². The van der Waals surface area contributed by atoms with E-state index < -0.39 is 6.10 Å². The summed E-state index contributed by atoms with van der Waals surface area (Å²) in [5, 5.41) is 10.0. The van der Waals surface area contributed by atoms with Crippen molar-refractivity contribution in [3.05, 3.63) is 42.5 Å². The van der Waals surface area contributed by atoms with Gasteiger partial charge in [0.15, 0.2) is 0 Å². The van der Waals surface area contributed by atoms with E-state index in [0.29, 0.717) is 19.4 Å². The minimum absolute atomic E-state index is 0.187. The van der Waals surface area contributed by atoms with Gasteiger partial charge in [-0.05, 0) is 31.0 Å². The molecule has 5 nitrogen and oxygen atoms in total. The highest BCUT2D eigenvalue weighted by Crippen LogP contribution is 2.17. The summed E-state index contributed by atoms with van der Waals surface area (Å²) < 4.78 is 21.6. The monoisotopic (exact) mass is 324 g/mol. The minimum atomic E-state index is -0.498. The molecule has 1 rings (SSSR count). The highest BCUT2D eigenvalue weighted by atomic mass is 16.7. The lowest BCUT2D eigenvalue weighted by Gasteiger charge is -2.26. The average molecular weight is 324 g/mol. The molecule has 0 saturated heterocycles. The van der Waals surface area contributed by atoms with E-state index in [2.05, 4.69) is 6.58 Å². The molecule has 0 spiro atoms. The number of hydrogen-bond acceptors (Lipinski definition) is 5. The largest absolute Gasteiger partial charge is 0.497 e. The third-order valence-corrected chi connectivity index (χ3v) is 3.54. The number of ether oxygens (including phenoxy) is 4. The Hall–Kier alpha value is -1.40. The van der Waals surface area contributed by atoms with E-state index in [1.165, 1.54) is 0 Å². The fourth-order valence-corrected chi connectivity index (χ4v) is 2.16. The van der Waals surface area contributed by atoms with Crippen LogP contribution in [0.5, 0.6) is 5.75 Å². The van der Waals surface area contributed by atoms with Crippen LogP contribution in [0.15, 0.2) is 36.9 Å². The predicted octanol–water partition coefficient (Wildman–Crippen LogP) is 2.92. The molecule has 0 unspecified atom stereocenters. The molecule has 0 radical (unpaired) electrons. The smallest absolute Gasteiger partial charge is 0.146 e. The van der Waals surface area contributed by atoms with Gasteiger partial charge in [0.1, 0.15) is 12.5 Å². The number of hydrogen-bond donors (Lipinski definition) is 1. The standard InChI is InChI=1S/C18H28O5/c1-5-6-16(19)11-18(14(2)23-13-20-3)22-12-15-7-9-17(21-4)10-8-15/h5,7-10,14,16,18-19H,1,6,11-13H2,2-4H3/t14-,16+,18-/m1/s1. The van der Waals surface area contributed by atoms with Crippen molar-refractivity contribution in [3.8, 4) is 5.75 Å². The van der Waals surface area contributed by atoms with Gasteiger partial charge in [-0.15, -0.1) is 6.58 Å². The summed E-state index contributed by atoms with van der Waals surface area (Å²) in [5.41, 5.74) is 1.04. The molecule has 0 aliphatic rings. The van der Waals surface area contributed by atoms with E-state index in [-0.39, 0.29) is 19.0 Å². The van der Waals surface area contributed by atoms with Gasteiger partial charge in [0.2, 0.25) is 0 Å². The maximum Gasteiger partial charge on any atom is 0.146 e. The molecule has 5 heteroatoms. The summed E-state index contributed by atoms with van der Waals surface area (Å²) in [6.07, 6.45) is 1.79. The van der Waals surface area contributed by atoms with Gasteiger partial charge < -0.3 is 24.1 Å². The Bertz CT molecular complexity index is 432. The molecule has 3 atom stereocenters. The first-order chi connectivity index (χ1) is 11.1. The SMILES string of the molecule is C=CC[C@H](O)C[C@@H](OCc1ccc(OC)cc1)[C@@H](C)OCOC. The van der Waals surface area contributed by atoms with Crippen molar-refractivity contribution >= 4 is 0 Å². The lowest BCUT2D eigenvalue weighted by Crippen LogP contribution is -2.33. The molecular weight excluding hydrogens is 296 g/mol. The van der Waals surface area contributed by atoms with Crippen LogP contribution in [-0.4, -0.2) is 44.4 Å². The third kappa shape index (κ3) is 7.61. The average Bonchev–Trinajstić information content (AvgIpc) is 2.57. The van der Waals surface area contributed by atoms with Crippen LogP contribution < -0.4 is 4.74 Å². The van der Waals surface area contributed by atoms with Crippen LogP contribution in [0.2, 0.25) is 0 Å². The van der Waals surface area contributed by atoms with Crippen LogP contribution >= 0.6 is 0 Å². The first-order valence-corrected chi connectivity index (χ1v) is 7.74. The molecule has 130 valence electrons. The summed E-state index contributed by atoms with van der Waals surface area (Å²) in [6.45, 7) is 6.20. The number of aliphatic hydroxyl groups is 1. The van der Waals surface area contributed by atoms with Crippen molar-refractivity contribution in [2.24, 2.45) is 0 Å². The lowest BCUT2D eigenvalue weighted by atomic mass is 10.0. The molecule has 0 amide bonds. The summed E-state index contributed by atoms with van der Waals surface area (Å²) in [5.74, 6) is 0.809. The van der Waals surface area contributed by atoms with Crippen molar-refractivity contribution < 1.29 is 24.1 Å². The molecule has 0 fully saturated rings. The molecule has 0 saturated carbocycles. The second kappa shape index (κ2) is 11.2. The van der Waals surface area contributed by atoms with Crippen LogP contribution in [0, 0.1) is 0 Å². The van der Waals surface area contributed by atoms with E-state index in [0.717, 1.165) is 11.3 Å². The first kappa shape index (κ1) is 19.6. The maximum atomic E-state index is 10.0. The number of rotatable bonds is 12. The van der Waals surface area contributed by atoms with Crippen LogP contribution in [-0.2, 0) is 20.8 Å². The quantitative estimate of drug-likeness (QED) is 0.473. The van der Waals surface area contributed by atoms with Crippen LogP contribution in [0.4, 0.5) is 0 Å². The molecule has 0 aliphatic carbocycles. The number of benzene rings is 1. The molecule has 1 aromatic carbocycles. The zero-order chi connectivity index (χ0) is 17.1. The second-order valence-electron chi connectivity index (χ2n) is 5.39. The van der Waals surface area contributed by atoms with E-state index in [1.54, 1.807) is 20.3 Å².